The molecule has 3 atom stereocenters. The molecule has 0 aromatic carbocycles. The first-order chi connectivity index (χ1) is 9.39. The number of amides is 2. The normalized spacial score (nSPS) is 29.6. The summed E-state index contributed by atoms with van der Waals surface area (Å²) >= 11 is 0. The fourth-order valence-corrected chi connectivity index (χ4v) is 3.44. The summed E-state index contributed by atoms with van der Waals surface area (Å²) in [5.41, 5.74) is 0.419. The second-order valence-electron chi connectivity index (χ2n) is 6.34. The Morgan fingerprint density at radius 2 is 1.95 bits per heavy atom. The van der Waals surface area contributed by atoms with Crippen LogP contribution in [0.5, 0.6) is 0 Å². The van der Waals surface area contributed by atoms with Crippen LogP contribution in [-0.4, -0.2) is 32.6 Å². The molecule has 3 rings (SSSR count). The van der Waals surface area contributed by atoms with Crippen molar-refractivity contribution in [2.24, 2.45) is 24.3 Å². The fraction of sp³-hybridized carbons (Fsp3) is 0.692. The summed E-state index contributed by atoms with van der Waals surface area (Å²) < 4.78 is 1.40. The Bertz CT molecular complexity index is 551. The third kappa shape index (κ3) is 2.07. The minimum atomic E-state index is -0.694. The minimum absolute atomic E-state index is 0.121. The zero-order valence-electron chi connectivity index (χ0n) is 11.9. The van der Waals surface area contributed by atoms with E-state index in [0.717, 1.165) is 12.8 Å². The summed E-state index contributed by atoms with van der Waals surface area (Å²) in [4.78, 5) is 27.5. The molecule has 2 saturated carbocycles. The summed E-state index contributed by atoms with van der Waals surface area (Å²) in [6.07, 6.45) is 3.27. The van der Waals surface area contributed by atoms with Crippen LogP contribution in [-0.2, 0) is 16.6 Å². The van der Waals surface area contributed by atoms with Crippen LogP contribution >= 0.6 is 0 Å². The molecule has 108 valence electrons. The maximum absolute atomic E-state index is 11.8. The van der Waals surface area contributed by atoms with E-state index in [1.54, 1.807) is 7.05 Å². The summed E-state index contributed by atoms with van der Waals surface area (Å²) in [6.45, 7) is 4.53. The van der Waals surface area contributed by atoms with E-state index in [1.165, 1.54) is 11.0 Å². The Morgan fingerprint density at radius 1 is 1.30 bits per heavy atom. The highest BCUT2D eigenvalue weighted by Crippen LogP contribution is 2.66. The minimum Gasteiger partial charge on any atom is -0.345 e. The average Bonchev–Trinajstić information content (AvgIpc) is 2.82. The third-order valence-corrected chi connectivity index (χ3v) is 4.84. The molecular weight excluding hydrogens is 258 g/mol. The van der Waals surface area contributed by atoms with Gasteiger partial charge in [0.15, 0.2) is 0 Å². The molecule has 0 radical (unpaired) electrons. The Kier molecular flexibility index (Phi) is 2.81. The van der Waals surface area contributed by atoms with Gasteiger partial charge in [0.25, 0.3) is 0 Å². The number of fused-ring (bicyclic) bond motifs is 1. The molecule has 1 aromatic rings. The second-order valence-corrected chi connectivity index (χ2v) is 6.34. The lowest BCUT2D eigenvalue weighted by molar-refractivity contribution is -0.136. The van der Waals surface area contributed by atoms with Crippen LogP contribution in [0, 0.1) is 17.3 Å². The van der Waals surface area contributed by atoms with Gasteiger partial charge in [0.05, 0.1) is 0 Å². The first-order valence-electron chi connectivity index (χ1n) is 6.85. The van der Waals surface area contributed by atoms with Gasteiger partial charge in [-0.15, -0.1) is 0 Å². The predicted octanol–water partition coefficient (Wildman–Crippen LogP) is 0.304. The SMILES string of the molecule is Cn1ncnc1NC(=O)C(=O)NC1C[C@@H]2[C@H](C1)C2(C)C. The molecule has 20 heavy (non-hydrogen) atoms. The van der Waals surface area contributed by atoms with E-state index in [2.05, 4.69) is 34.6 Å². The van der Waals surface area contributed by atoms with Crippen LogP contribution < -0.4 is 10.6 Å². The number of nitrogens with zero attached hydrogens (tertiary/aromatic N) is 3. The average molecular weight is 277 g/mol. The predicted molar refractivity (Wildman–Crippen MR) is 71.6 cm³/mol. The van der Waals surface area contributed by atoms with Gasteiger partial charge in [0, 0.05) is 13.1 Å². The summed E-state index contributed by atoms with van der Waals surface area (Å²) in [7, 11) is 1.65. The lowest BCUT2D eigenvalue weighted by Crippen LogP contribution is -2.42. The van der Waals surface area contributed by atoms with Gasteiger partial charge < -0.3 is 5.32 Å². The Balaban J connectivity index is 1.51. The topological polar surface area (TPSA) is 88.9 Å². The van der Waals surface area contributed by atoms with Crippen molar-refractivity contribution < 1.29 is 9.59 Å². The van der Waals surface area contributed by atoms with Crippen molar-refractivity contribution in [3.63, 3.8) is 0 Å². The smallest absolute Gasteiger partial charge is 0.316 e. The van der Waals surface area contributed by atoms with Crippen molar-refractivity contribution >= 4 is 17.8 Å². The molecule has 2 fully saturated rings. The molecular formula is C13H19N5O2. The molecule has 1 heterocycles. The standard InChI is InChI=1S/C13H19N5O2/c1-13(2)8-4-7(5-9(8)13)16-10(19)11(20)17-12-14-6-15-18(12)3/h6-9H,4-5H2,1-3H3,(H,16,19)(H,14,15,17,20)/t7?,8-,9+. The van der Waals surface area contributed by atoms with E-state index >= 15 is 0 Å². The number of nitrogens with one attached hydrogen (secondary N) is 2. The highest BCUT2D eigenvalue weighted by Gasteiger charge is 2.62. The highest BCUT2D eigenvalue weighted by atomic mass is 16.2. The number of hydrogen-bond donors (Lipinski definition) is 2. The third-order valence-electron chi connectivity index (χ3n) is 4.84. The van der Waals surface area contributed by atoms with Gasteiger partial charge in [-0.25, -0.2) is 4.68 Å². The van der Waals surface area contributed by atoms with Crippen LogP contribution in [0.4, 0.5) is 5.95 Å². The number of anilines is 1. The molecule has 7 heteroatoms. The van der Waals surface area contributed by atoms with E-state index in [4.69, 9.17) is 0 Å². The van der Waals surface area contributed by atoms with Gasteiger partial charge in [0.2, 0.25) is 5.95 Å². The lowest BCUT2D eigenvalue weighted by atomic mass is 9.98. The van der Waals surface area contributed by atoms with E-state index in [9.17, 15) is 9.59 Å². The quantitative estimate of drug-likeness (QED) is 0.761. The number of rotatable bonds is 2. The highest BCUT2D eigenvalue weighted by molar-refractivity contribution is 6.39. The first-order valence-corrected chi connectivity index (χ1v) is 6.85. The molecule has 1 aromatic heterocycles. The maximum Gasteiger partial charge on any atom is 0.316 e. The summed E-state index contributed by atoms with van der Waals surface area (Å²) in [5.74, 6) is 0.350. The van der Waals surface area contributed by atoms with E-state index in [-0.39, 0.29) is 12.0 Å². The molecule has 2 N–H and O–H groups in total. The number of carbonyl (C=O) groups excluding carboxylic acids is 2. The lowest BCUT2D eigenvalue weighted by Gasteiger charge is -2.18. The van der Waals surface area contributed by atoms with Gasteiger partial charge in [0.1, 0.15) is 6.33 Å². The van der Waals surface area contributed by atoms with Gasteiger partial charge in [-0.3, -0.25) is 14.9 Å². The Labute approximate surface area is 117 Å². The zero-order valence-corrected chi connectivity index (χ0v) is 11.9. The van der Waals surface area contributed by atoms with Gasteiger partial charge in [-0.05, 0) is 30.1 Å². The van der Waals surface area contributed by atoms with Gasteiger partial charge in [-0.1, -0.05) is 13.8 Å². The van der Waals surface area contributed by atoms with Crippen LogP contribution in [0.15, 0.2) is 6.33 Å². The monoisotopic (exact) mass is 277 g/mol. The van der Waals surface area contributed by atoms with Crippen molar-refractivity contribution in [1.82, 2.24) is 20.1 Å². The van der Waals surface area contributed by atoms with Crippen molar-refractivity contribution in [3.8, 4) is 0 Å². The van der Waals surface area contributed by atoms with Crippen molar-refractivity contribution in [1.29, 1.82) is 0 Å². The molecule has 0 spiro atoms. The number of aromatic nitrogens is 3. The van der Waals surface area contributed by atoms with Crippen LogP contribution in [0.25, 0.3) is 0 Å². The number of carbonyl (C=O) groups is 2. The largest absolute Gasteiger partial charge is 0.345 e. The molecule has 0 saturated heterocycles. The second kappa shape index (κ2) is 4.29. The number of aryl methyl sites for hydroxylation is 1. The maximum atomic E-state index is 11.8. The summed E-state index contributed by atoms with van der Waals surface area (Å²) in [6, 6.07) is 0.121. The molecule has 0 aliphatic heterocycles. The zero-order chi connectivity index (χ0) is 14.5. The van der Waals surface area contributed by atoms with E-state index in [1.807, 2.05) is 0 Å². The Morgan fingerprint density at radius 3 is 2.50 bits per heavy atom. The Hall–Kier alpha value is -1.92. The van der Waals surface area contributed by atoms with E-state index < -0.39 is 11.8 Å². The van der Waals surface area contributed by atoms with Crippen LogP contribution in [0.3, 0.4) is 0 Å². The first kappa shape index (κ1) is 13.1. The van der Waals surface area contributed by atoms with Gasteiger partial charge in [-0.2, -0.15) is 10.1 Å². The summed E-state index contributed by atoms with van der Waals surface area (Å²) in [5, 5.41) is 9.06. The molecule has 2 aliphatic carbocycles. The molecule has 1 unspecified atom stereocenters. The number of hydrogen-bond acceptors (Lipinski definition) is 4. The molecule has 2 amide bonds. The molecule has 2 aliphatic rings. The fourth-order valence-electron chi connectivity index (χ4n) is 3.44. The van der Waals surface area contributed by atoms with Crippen molar-refractivity contribution in [2.45, 2.75) is 32.7 Å². The molecule has 0 bridgehead atoms. The van der Waals surface area contributed by atoms with Crippen molar-refractivity contribution in [2.75, 3.05) is 5.32 Å². The molecule has 7 nitrogen and oxygen atoms in total. The van der Waals surface area contributed by atoms with Crippen LogP contribution in [0.1, 0.15) is 26.7 Å². The van der Waals surface area contributed by atoms with Gasteiger partial charge >= 0.3 is 11.8 Å². The van der Waals surface area contributed by atoms with Crippen LogP contribution in [0.2, 0.25) is 0 Å². The van der Waals surface area contributed by atoms with E-state index in [0.29, 0.717) is 17.3 Å². The van der Waals surface area contributed by atoms with Crippen molar-refractivity contribution in [3.05, 3.63) is 6.33 Å².